The van der Waals surface area contributed by atoms with E-state index in [0.29, 0.717) is 19.5 Å². The van der Waals surface area contributed by atoms with Crippen molar-refractivity contribution in [2.24, 2.45) is 17.6 Å². The molecule has 88 valence electrons. The summed E-state index contributed by atoms with van der Waals surface area (Å²) in [6.45, 7) is 0.982. The number of hydrogen-bond donors (Lipinski definition) is 1. The summed E-state index contributed by atoms with van der Waals surface area (Å²) >= 11 is 0. The van der Waals surface area contributed by atoms with E-state index in [1.807, 2.05) is 0 Å². The first-order valence-electron chi connectivity index (χ1n) is 5.95. The van der Waals surface area contributed by atoms with Crippen molar-refractivity contribution in [2.75, 3.05) is 13.1 Å². The van der Waals surface area contributed by atoms with Crippen LogP contribution >= 0.6 is 0 Å². The van der Waals surface area contributed by atoms with Crippen molar-refractivity contribution in [3.8, 4) is 0 Å². The molecular formula is C11H16N2O3. The Labute approximate surface area is 93.9 Å². The van der Waals surface area contributed by atoms with Gasteiger partial charge in [0.15, 0.2) is 0 Å². The van der Waals surface area contributed by atoms with Crippen LogP contribution in [-0.2, 0) is 14.3 Å². The molecule has 2 bridgehead atoms. The van der Waals surface area contributed by atoms with E-state index in [1.54, 1.807) is 0 Å². The topological polar surface area (TPSA) is 72.6 Å². The fraction of sp³-hybridized carbons (Fsp3) is 0.818. The number of rotatable bonds is 3. The molecule has 3 aliphatic rings. The third-order valence-corrected chi connectivity index (χ3v) is 3.96. The number of hydrogen-bond acceptors (Lipinski definition) is 4. The molecule has 3 saturated heterocycles. The van der Waals surface area contributed by atoms with Crippen LogP contribution in [-0.4, -0.2) is 42.0 Å². The summed E-state index contributed by atoms with van der Waals surface area (Å²) in [6.07, 6.45) is 2.53. The molecule has 0 saturated carbocycles. The van der Waals surface area contributed by atoms with Crippen LogP contribution in [0.1, 0.15) is 19.3 Å². The van der Waals surface area contributed by atoms with Gasteiger partial charge in [0.1, 0.15) is 0 Å². The second-order valence-corrected chi connectivity index (χ2v) is 4.81. The molecule has 2 amide bonds. The lowest BCUT2D eigenvalue weighted by Crippen LogP contribution is -2.35. The molecule has 3 rings (SSSR count). The number of carbonyl (C=O) groups is 2. The van der Waals surface area contributed by atoms with E-state index in [9.17, 15) is 9.59 Å². The zero-order valence-electron chi connectivity index (χ0n) is 9.09. The SMILES string of the molecule is NCCCN1C(=O)C2C(C1=O)[C@H]1CC[C@@H]2O1. The minimum Gasteiger partial charge on any atom is -0.373 e. The highest BCUT2D eigenvalue weighted by atomic mass is 16.5. The highest BCUT2D eigenvalue weighted by Gasteiger charge is 2.61. The summed E-state index contributed by atoms with van der Waals surface area (Å²) in [5, 5.41) is 0. The largest absolute Gasteiger partial charge is 0.373 e. The van der Waals surface area contributed by atoms with Gasteiger partial charge in [-0.05, 0) is 25.8 Å². The van der Waals surface area contributed by atoms with Crippen molar-refractivity contribution in [3.63, 3.8) is 0 Å². The van der Waals surface area contributed by atoms with E-state index in [1.165, 1.54) is 4.90 Å². The fourth-order valence-corrected chi connectivity index (χ4v) is 3.24. The fourth-order valence-electron chi connectivity index (χ4n) is 3.24. The Morgan fingerprint density at radius 2 is 1.75 bits per heavy atom. The highest BCUT2D eigenvalue weighted by Crippen LogP contribution is 2.48. The Kier molecular flexibility index (Phi) is 2.26. The second kappa shape index (κ2) is 3.53. The summed E-state index contributed by atoms with van der Waals surface area (Å²) in [5.74, 6) is -0.445. The number of likely N-dealkylation sites (tertiary alicyclic amines) is 1. The molecule has 3 heterocycles. The third kappa shape index (κ3) is 1.18. The van der Waals surface area contributed by atoms with Crippen LogP contribution < -0.4 is 5.73 Å². The molecule has 5 nitrogen and oxygen atoms in total. The van der Waals surface area contributed by atoms with E-state index < -0.39 is 0 Å². The van der Waals surface area contributed by atoms with Crippen molar-refractivity contribution in [3.05, 3.63) is 0 Å². The summed E-state index contributed by atoms with van der Waals surface area (Å²) in [5.41, 5.74) is 5.41. The van der Waals surface area contributed by atoms with E-state index in [0.717, 1.165) is 12.8 Å². The Bertz CT molecular complexity index is 316. The van der Waals surface area contributed by atoms with Crippen molar-refractivity contribution in [1.82, 2.24) is 4.90 Å². The zero-order chi connectivity index (χ0) is 11.3. The lowest BCUT2D eigenvalue weighted by molar-refractivity contribution is -0.142. The minimum atomic E-state index is -0.191. The number of nitrogens with two attached hydrogens (primary N) is 1. The lowest BCUT2D eigenvalue weighted by atomic mass is 9.81. The van der Waals surface area contributed by atoms with Gasteiger partial charge in [-0.2, -0.15) is 0 Å². The summed E-state index contributed by atoms with van der Waals surface area (Å²) in [6, 6.07) is 0. The van der Waals surface area contributed by atoms with E-state index in [2.05, 4.69) is 0 Å². The summed E-state index contributed by atoms with van der Waals surface area (Å²) < 4.78 is 5.64. The molecule has 3 aliphatic heterocycles. The predicted octanol–water partition coefficient (Wildman–Crippen LogP) is -0.502. The minimum absolute atomic E-state index is 0.00525. The molecule has 16 heavy (non-hydrogen) atoms. The average molecular weight is 224 g/mol. The lowest BCUT2D eigenvalue weighted by Gasteiger charge is -2.16. The van der Waals surface area contributed by atoms with Crippen molar-refractivity contribution < 1.29 is 14.3 Å². The second-order valence-electron chi connectivity index (χ2n) is 4.81. The summed E-state index contributed by atoms with van der Waals surface area (Å²) in [7, 11) is 0. The van der Waals surface area contributed by atoms with Crippen LogP contribution in [0, 0.1) is 11.8 Å². The van der Waals surface area contributed by atoms with Gasteiger partial charge in [-0.3, -0.25) is 14.5 Å². The van der Waals surface area contributed by atoms with Crippen molar-refractivity contribution in [2.45, 2.75) is 31.5 Å². The maximum absolute atomic E-state index is 12.1. The maximum Gasteiger partial charge on any atom is 0.235 e. The molecule has 3 fully saturated rings. The van der Waals surface area contributed by atoms with Gasteiger partial charge in [-0.1, -0.05) is 0 Å². The van der Waals surface area contributed by atoms with E-state index in [4.69, 9.17) is 10.5 Å². The number of amides is 2. The quantitative estimate of drug-likeness (QED) is 0.656. The Balaban J connectivity index is 1.81. The first-order valence-corrected chi connectivity index (χ1v) is 5.95. The molecule has 2 unspecified atom stereocenters. The van der Waals surface area contributed by atoms with Gasteiger partial charge in [-0.25, -0.2) is 0 Å². The third-order valence-electron chi connectivity index (χ3n) is 3.96. The molecule has 0 radical (unpaired) electrons. The van der Waals surface area contributed by atoms with E-state index in [-0.39, 0.29) is 35.9 Å². The van der Waals surface area contributed by atoms with Gasteiger partial charge in [0, 0.05) is 6.54 Å². The normalized spacial score (nSPS) is 40.9. The number of imide groups is 1. The van der Waals surface area contributed by atoms with Gasteiger partial charge in [0.2, 0.25) is 11.8 Å². The first-order chi connectivity index (χ1) is 7.74. The number of fused-ring (bicyclic) bond motifs is 5. The van der Waals surface area contributed by atoms with Crippen LogP contribution in [0.4, 0.5) is 0 Å². The van der Waals surface area contributed by atoms with Crippen LogP contribution in [0.15, 0.2) is 0 Å². The number of carbonyl (C=O) groups excluding carboxylic acids is 2. The molecule has 2 N–H and O–H groups in total. The van der Waals surface area contributed by atoms with Crippen LogP contribution in [0.3, 0.4) is 0 Å². The van der Waals surface area contributed by atoms with Gasteiger partial charge in [-0.15, -0.1) is 0 Å². The molecular weight excluding hydrogens is 208 g/mol. The predicted molar refractivity (Wildman–Crippen MR) is 55.3 cm³/mol. The summed E-state index contributed by atoms with van der Waals surface area (Å²) in [4.78, 5) is 25.6. The van der Waals surface area contributed by atoms with Gasteiger partial charge in [0.25, 0.3) is 0 Å². The van der Waals surface area contributed by atoms with E-state index >= 15 is 0 Å². The number of nitrogens with zero attached hydrogens (tertiary/aromatic N) is 1. The number of ether oxygens (including phenoxy) is 1. The van der Waals surface area contributed by atoms with Crippen LogP contribution in [0.5, 0.6) is 0 Å². The first kappa shape index (κ1) is 10.2. The molecule has 0 aromatic rings. The molecule has 0 aromatic heterocycles. The monoisotopic (exact) mass is 224 g/mol. The Morgan fingerprint density at radius 1 is 1.19 bits per heavy atom. The maximum atomic E-state index is 12.1. The van der Waals surface area contributed by atoms with Crippen molar-refractivity contribution in [1.29, 1.82) is 0 Å². The molecule has 0 aliphatic carbocycles. The smallest absolute Gasteiger partial charge is 0.235 e. The Hall–Kier alpha value is -0.940. The molecule has 0 aromatic carbocycles. The van der Waals surface area contributed by atoms with Crippen LogP contribution in [0.2, 0.25) is 0 Å². The van der Waals surface area contributed by atoms with Gasteiger partial charge in [0.05, 0.1) is 24.0 Å². The molecule has 0 spiro atoms. The zero-order valence-corrected chi connectivity index (χ0v) is 9.09. The van der Waals surface area contributed by atoms with Crippen LogP contribution in [0.25, 0.3) is 0 Å². The Morgan fingerprint density at radius 3 is 2.25 bits per heavy atom. The van der Waals surface area contributed by atoms with Gasteiger partial charge >= 0.3 is 0 Å². The van der Waals surface area contributed by atoms with Crippen molar-refractivity contribution >= 4 is 11.8 Å². The average Bonchev–Trinajstić information content (AvgIpc) is 2.92. The highest BCUT2D eigenvalue weighted by molar-refractivity contribution is 6.06. The molecule has 4 atom stereocenters. The standard InChI is InChI=1S/C11H16N2O3/c12-4-1-5-13-10(14)8-6-2-3-7(16-6)9(8)11(13)15/h6-9H,1-5,12H2/t6-,7+,8?,9?. The van der Waals surface area contributed by atoms with Gasteiger partial charge < -0.3 is 10.5 Å². The molecule has 5 heteroatoms.